The second kappa shape index (κ2) is 6.63. The van der Waals surface area contributed by atoms with Gasteiger partial charge in [-0.15, -0.1) is 0 Å². The first-order chi connectivity index (χ1) is 11.5. The molecular weight excluding hydrogens is 377 g/mol. The lowest BCUT2D eigenvalue weighted by Crippen LogP contribution is -2.07. The molecule has 2 aromatic rings. The Morgan fingerprint density at radius 2 is 1.68 bits per heavy atom. The number of carbonyl (C=O) groups excluding carboxylic acids is 1. The van der Waals surface area contributed by atoms with Crippen molar-refractivity contribution in [3.63, 3.8) is 0 Å². The molecule has 0 atom stereocenters. The van der Waals surface area contributed by atoms with Crippen molar-refractivity contribution in [2.75, 3.05) is 0 Å². The second-order valence-electron chi connectivity index (χ2n) is 4.58. The number of halogens is 6. The first kappa shape index (κ1) is 18.6. The van der Waals surface area contributed by atoms with Gasteiger partial charge in [-0.05, 0) is 35.9 Å². The number of alkyl halides is 3. The molecule has 0 fully saturated rings. The summed E-state index contributed by atoms with van der Waals surface area (Å²) in [6.07, 6.45) is -4.97. The van der Waals surface area contributed by atoms with Crippen molar-refractivity contribution in [2.45, 2.75) is 6.18 Å². The highest BCUT2D eigenvalue weighted by molar-refractivity contribution is 6.68. The maximum Gasteiger partial charge on any atom is 0.416 e. The molecule has 0 saturated heterocycles. The van der Waals surface area contributed by atoms with Gasteiger partial charge >= 0.3 is 6.18 Å². The lowest BCUT2D eigenvalue weighted by atomic mass is 10.1. The average molecular weight is 382 g/mol. The fraction of sp³-hybridized carbons (Fsp3) is 0.0714. The van der Waals surface area contributed by atoms with E-state index >= 15 is 0 Å². The van der Waals surface area contributed by atoms with Gasteiger partial charge in [-0.3, -0.25) is 14.9 Å². The summed E-state index contributed by atoms with van der Waals surface area (Å²) < 4.78 is 69.7. The number of nitro groups is 1. The molecule has 25 heavy (non-hydrogen) atoms. The van der Waals surface area contributed by atoms with Crippen molar-refractivity contribution < 1.29 is 36.4 Å². The predicted molar refractivity (Wildman–Crippen MR) is 74.7 cm³/mol. The van der Waals surface area contributed by atoms with Crippen LogP contribution in [0.2, 0.25) is 0 Å². The first-order valence-electron chi connectivity index (χ1n) is 6.23. The maximum absolute atomic E-state index is 13.7. The molecule has 0 saturated carbocycles. The molecule has 0 bridgehead atoms. The van der Waals surface area contributed by atoms with Gasteiger partial charge in [0.05, 0.1) is 10.5 Å². The Balaban J connectivity index is 2.45. The fourth-order valence-corrected chi connectivity index (χ4v) is 1.99. The second-order valence-corrected chi connectivity index (χ2v) is 4.92. The van der Waals surface area contributed by atoms with Gasteiger partial charge < -0.3 is 4.74 Å². The van der Waals surface area contributed by atoms with E-state index in [0.717, 1.165) is 18.2 Å². The maximum atomic E-state index is 13.7. The number of hydrogen-bond acceptors (Lipinski definition) is 4. The van der Waals surface area contributed by atoms with Crippen LogP contribution in [0.15, 0.2) is 30.3 Å². The van der Waals surface area contributed by atoms with Gasteiger partial charge in [0, 0.05) is 6.07 Å². The van der Waals surface area contributed by atoms with Crippen molar-refractivity contribution in [1.82, 2.24) is 0 Å². The van der Waals surface area contributed by atoms with Gasteiger partial charge in [-0.2, -0.15) is 13.2 Å². The molecule has 0 spiro atoms. The van der Waals surface area contributed by atoms with E-state index in [-0.39, 0.29) is 12.1 Å². The molecule has 0 radical (unpaired) electrons. The van der Waals surface area contributed by atoms with Gasteiger partial charge in [0.2, 0.25) is 0 Å². The monoisotopic (exact) mass is 381 g/mol. The summed E-state index contributed by atoms with van der Waals surface area (Å²) in [4.78, 5) is 21.0. The lowest BCUT2D eigenvalue weighted by Gasteiger charge is -2.12. The average Bonchev–Trinajstić information content (AvgIpc) is 2.49. The van der Waals surface area contributed by atoms with Crippen LogP contribution in [0.3, 0.4) is 0 Å². The smallest absolute Gasteiger partial charge is 0.416 e. The SMILES string of the molecule is O=C(Cl)c1cc(Oc2c(F)cc(C(F)(F)F)cc2F)ccc1[N+](=O)[O-]. The minimum Gasteiger partial charge on any atom is -0.451 e. The van der Waals surface area contributed by atoms with Gasteiger partial charge in [-0.1, -0.05) is 0 Å². The molecule has 0 aliphatic heterocycles. The van der Waals surface area contributed by atoms with Crippen LogP contribution >= 0.6 is 11.6 Å². The number of nitro benzene ring substituents is 1. The summed E-state index contributed by atoms with van der Waals surface area (Å²) in [6, 6.07) is 2.49. The van der Waals surface area contributed by atoms with Gasteiger partial charge in [0.15, 0.2) is 17.4 Å². The Bertz CT molecular complexity index is 846. The Morgan fingerprint density at radius 1 is 1.12 bits per heavy atom. The molecule has 0 aliphatic carbocycles. The summed E-state index contributed by atoms with van der Waals surface area (Å²) in [5.74, 6) is -4.91. The summed E-state index contributed by atoms with van der Waals surface area (Å²) in [7, 11) is 0. The van der Waals surface area contributed by atoms with Crippen molar-refractivity contribution >= 4 is 22.5 Å². The van der Waals surface area contributed by atoms with E-state index in [4.69, 9.17) is 16.3 Å². The number of hydrogen-bond donors (Lipinski definition) is 0. The Hall–Kier alpha value is -2.75. The minimum atomic E-state index is -4.97. The molecule has 132 valence electrons. The Labute approximate surface area is 140 Å². The number of carbonyl (C=O) groups is 1. The lowest BCUT2D eigenvalue weighted by molar-refractivity contribution is -0.385. The zero-order valence-electron chi connectivity index (χ0n) is 11.7. The normalized spacial score (nSPS) is 11.3. The standard InChI is InChI=1S/C14H5ClF5NO4/c15-13(22)8-5-7(1-2-11(8)21(23)24)25-12-9(16)3-6(4-10(12)17)14(18,19)20/h1-5H. The highest BCUT2D eigenvalue weighted by Gasteiger charge is 2.33. The molecule has 5 nitrogen and oxygen atoms in total. The van der Waals surface area contributed by atoms with Crippen molar-refractivity contribution in [1.29, 1.82) is 0 Å². The summed E-state index contributed by atoms with van der Waals surface area (Å²) in [5, 5.41) is 9.53. The number of rotatable bonds is 4. The van der Waals surface area contributed by atoms with Crippen LogP contribution in [-0.4, -0.2) is 10.2 Å². The number of benzene rings is 2. The molecule has 0 heterocycles. The third-order valence-electron chi connectivity index (χ3n) is 2.92. The van der Waals surface area contributed by atoms with Crippen LogP contribution in [0.5, 0.6) is 11.5 Å². The van der Waals surface area contributed by atoms with Crippen molar-refractivity contribution in [3.05, 3.63) is 63.2 Å². The van der Waals surface area contributed by atoms with Crippen LogP contribution < -0.4 is 4.74 Å². The summed E-state index contributed by atoms with van der Waals surface area (Å²) >= 11 is 5.19. The molecular formula is C14H5ClF5NO4. The highest BCUT2D eigenvalue weighted by atomic mass is 35.5. The van der Waals surface area contributed by atoms with Crippen LogP contribution in [0, 0.1) is 21.7 Å². The molecule has 0 amide bonds. The summed E-state index contributed by atoms with van der Waals surface area (Å²) in [5.41, 5.74) is -2.85. The van der Waals surface area contributed by atoms with Crippen LogP contribution in [-0.2, 0) is 6.18 Å². The molecule has 2 rings (SSSR count). The summed E-state index contributed by atoms with van der Waals surface area (Å²) in [6.45, 7) is 0. The molecule has 0 aromatic heterocycles. The molecule has 11 heteroatoms. The molecule has 0 unspecified atom stereocenters. The number of ether oxygens (including phenoxy) is 1. The minimum absolute atomic E-state index is 0.0252. The Morgan fingerprint density at radius 3 is 2.12 bits per heavy atom. The van der Waals surface area contributed by atoms with E-state index in [1.807, 2.05) is 0 Å². The largest absolute Gasteiger partial charge is 0.451 e. The zero-order valence-corrected chi connectivity index (χ0v) is 12.5. The molecule has 0 N–H and O–H groups in total. The van der Waals surface area contributed by atoms with Gasteiger partial charge in [0.1, 0.15) is 11.3 Å². The van der Waals surface area contributed by atoms with Gasteiger partial charge in [-0.25, -0.2) is 8.78 Å². The van der Waals surface area contributed by atoms with E-state index in [1.165, 1.54) is 0 Å². The molecule has 0 aliphatic rings. The van der Waals surface area contributed by atoms with Crippen LogP contribution in [0.25, 0.3) is 0 Å². The zero-order chi connectivity index (χ0) is 18.9. The third-order valence-corrected chi connectivity index (χ3v) is 3.13. The van der Waals surface area contributed by atoms with Crippen molar-refractivity contribution in [3.8, 4) is 11.5 Å². The Kier molecular flexibility index (Phi) is 4.93. The quantitative estimate of drug-likeness (QED) is 0.321. The van der Waals surface area contributed by atoms with E-state index in [2.05, 4.69) is 0 Å². The predicted octanol–water partition coefficient (Wildman–Crippen LogP) is 5.06. The van der Waals surface area contributed by atoms with E-state index < -0.39 is 56.3 Å². The van der Waals surface area contributed by atoms with E-state index in [0.29, 0.717) is 0 Å². The number of nitrogens with zero attached hydrogens (tertiary/aromatic N) is 1. The first-order valence-corrected chi connectivity index (χ1v) is 6.61. The highest BCUT2D eigenvalue weighted by Crippen LogP contribution is 2.36. The van der Waals surface area contributed by atoms with Gasteiger partial charge in [0.25, 0.3) is 10.9 Å². The van der Waals surface area contributed by atoms with E-state index in [9.17, 15) is 36.9 Å². The van der Waals surface area contributed by atoms with E-state index in [1.54, 1.807) is 0 Å². The third kappa shape index (κ3) is 4.02. The van der Waals surface area contributed by atoms with Crippen LogP contribution in [0.1, 0.15) is 15.9 Å². The van der Waals surface area contributed by atoms with Crippen molar-refractivity contribution in [2.24, 2.45) is 0 Å². The topological polar surface area (TPSA) is 69.4 Å². The fourth-order valence-electron chi connectivity index (χ4n) is 1.83. The van der Waals surface area contributed by atoms with Crippen LogP contribution in [0.4, 0.5) is 27.6 Å². The molecule has 2 aromatic carbocycles.